The fourth-order valence-electron chi connectivity index (χ4n) is 2.14. The summed E-state index contributed by atoms with van der Waals surface area (Å²) in [5.41, 5.74) is 0. The van der Waals surface area contributed by atoms with Crippen molar-refractivity contribution in [3.05, 3.63) is 0 Å². The molecule has 0 aromatic rings. The Morgan fingerprint density at radius 2 is 2.31 bits per heavy atom. The van der Waals surface area contributed by atoms with Gasteiger partial charge >= 0.3 is 6.03 Å². The van der Waals surface area contributed by atoms with Crippen molar-refractivity contribution in [2.45, 2.75) is 31.5 Å². The number of nitrogens with one attached hydrogen (secondary N) is 2. The lowest BCUT2D eigenvalue weighted by atomic mass is 10.2. The Hall–Kier alpha value is -1.33. The summed E-state index contributed by atoms with van der Waals surface area (Å²) in [6, 6.07) is -0.332. The predicted molar refractivity (Wildman–Crippen MR) is 55.6 cm³/mol. The molecule has 2 unspecified atom stereocenters. The van der Waals surface area contributed by atoms with Crippen LogP contribution in [0.1, 0.15) is 19.3 Å². The van der Waals surface area contributed by atoms with E-state index in [-0.39, 0.29) is 24.5 Å². The van der Waals surface area contributed by atoms with Crippen LogP contribution in [0.15, 0.2) is 0 Å². The molecule has 90 valence electrons. The molecule has 0 spiro atoms. The summed E-state index contributed by atoms with van der Waals surface area (Å²) in [5, 5.41) is 5.41. The maximum atomic E-state index is 12.9. The van der Waals surface area contributed by atoms with E-state index in [2.05, 4.69) is 10.6 Å². The largest absolute Gasteiger partial charge is 0.353 e. The van der Waals surface area contributed by atoms with Crippen LogP contribution in [0.3, 0.4) is 0 Å². The topological polar surface area (TPSA) is 61.4 Å². The third-order valence-electron chi connectivity index (χ3n) is 3.02. The van der Waals surface area contributed by atoms with Gasteiger partial charge in [-0.1, -0.05) is 0 Å². The molecule has 2 aliphatic rings. The Bertz CT molecular complexity index is 298. The SMILES string of the molecule is O=C1CN(C(=O)NC2CCC(F)C2)CCN1. The van der Waals surface area contributed by atoms with E-state index in [0.717, 1.165) is 0 Å². The number of halogens is 1. The van der Waals surface area contributed by atoms with Crippen LogP contribution in [-0.2, 0) is 4.79 Å². The number of alkyl halides is 1. The molecule has 0 radical (unpaired) electrons. The predicted octanol–water partition coefficient (Wildman–Crippen LogP) is 0.0184. The van der Waals surface area contributed by atoms with E-state index in [4.69, 9.17) is 0 Å². The standard InChI is InChI=1S/C10H16FN3O2/c11-7-1-2-8(5-7)13-10(16)14-4-3-12-9(15)6-14/h7-8H,1-6H2,(H,12,15)(H,13,16). The summed E-state index contributed by atoms with van der Waals surface area (Å²) >= 11 is 0. The highest BCUT2D eigenvalue weighted by atomic mass is 19.1. The van der Waals surface area contributed by atoms with Gasteiger partial charge < -0.3 is 15.5 Å². The van der Waals surface area contributed by atoms with Crippen LogP contribution in [-0.4, -0.2) is 48.7 Å². The normalized spacial score (nSPS) is 30.1. The van der Waals surface area contributed by atoms with Gasteiger partial charge in [0.05, 0.1) is 0 Å². The van der Waals surface area contributed by atoms with Gasteiger partial charge in [-0.05, 0) is 19.3 Å². The summed E-state index contributed by atoms with van der Waals surface area (Å²) in [7, 11) is 0. The van der Waals surface area contributed by atoms with Crippen molar-refractivity contribution in [3.63, 3.8) is 0 Å². The molecule has 5 nitrogen and oxygen atoms in total. The van der Waals surface area contributed by atoms with Crippen molar-refractivity contribution in [1.82, 2.24) is 15.5 Å². The Morgan fingerprint density at radius 1 is 1.50 bits per heavy atom. The monoisotopic (exact) mass is 229 g/mol. The summed E-state index contributed by atoms with van der Waals surface area (Å²) in [4.78, 5) is 24.3. The molecule has 2 rings (SSSR count). The number of piperazine rings is 1. The number of hydrogen-bond donors (Lipinski definition) is 2. The Labute approximate surface area is 93.4 Å². The molecular formula is C10H16FN3O2. The molecule has 1 heterocycles. The molecule has 1 saturated heterocycles. The number of hydrogen-bond acceptors (Lipinski definition) is 2. The molecular weight excluding hydrogens is 213 g/mol. The van der Waals surface area contributed by atoms with E-state index >= 15 is 0 Å². The molecule has 0 bridgehead atoms. The number of carbonyl (C=O) groups excluding carboxylic acids is 2. The summed E-state index contributed by atoms with van der Waals surface area (Å²) < 4.78 is 12.9. The number of carbonyl (C=O) groups is 2. The molecule has 0 aromatic heterocycles. The number of nitrogens with zero attached hydrogens (tertiary/aromatic N) is 1. The molecule has 3 amide bonds. The summed E-state index contributed by atoms with van der Waals surface area (Å²) in [6.45, 7) is 1.10. The van der Waals surface area contributed by atoms with Crippen LogP contribution in [0.2, 0.25) is 0 Å². The van der Waals surface area contributed by atoms with E-state index in [1.165, 1.54) is 4.90 Å². The smallest absolute Gasteiger partial charge is 0.318 e. The van der Waals surface area contributed by atoms with Crippen molar-refractivity contribution < 1.29 is 14.0 Å². The van der Waals surface area contributed by atoms with Gasteiger partial charge in [0.2, 0.25) is 5.91 Å². The van der Waals surface area contributed by atoms with E-state index in [1.54, 1.807) is 0 Å². The van der Waals surface area contributed by atoms with Crippen LogP contribution in [0.5, 0.6) is 0 Å². The lowest BCUT2D eigenvalue weighted by Crippen LogP contribution is -2.54. The first-order valence-electron chi connectivity index (χ1n) is 5.61. The molecule has 2 atom stereocenters. The molecule has 1 saturated carbocycles. The zero-order valence-electron chi connectivity index (χ0n) is 9.04. The lowest BCUT2D eigenvalue weighted by Gasteiger charge is -2.28. The first kappa shape index (κ1) is 11.2. The van der Waals surface area contributed by atoms with Gasteiger partial charge in [0.1, 0.15) is 12.7 Å². The Morgan fingerprint density at radius 3 is 2.94 bits per heavy atom. The summed E-state index contributed by atoms with van der Waals surface area (Å²) in [6.07, 6.45) is 0.805. The highest BCUT2D eigenvalue weighted by Gasteiger charge is 2.28. The first-order chi connectivity index (χ1) is 7.65. The molecule has 2 fully saturated rings. The maximum Gasteiger partial charge on any atom is 0.318 e. The highest BCUT2D eigenvalue weighted by Crippen LogP contribution is 2.21. The lowest BCUT2D eigenvalue weighted by molar-refractivity contribution is -0.123. The van der Waals surface area contributed by atoms with Gasteiger partial charge in [-0.3, -0.25) is 4.79 Å². The van der Waals surface area contributed by atoms with Crippen LogP contribution < -0.4 is 10.6 Å². The molecule has 2 N–H and O–H groups in total. The van der Waals surface area contributed by atoms with Crippen LogP contribution in [0, 0.1) is 0 Å². The second-order valence-corrected chi connectivity index (χ2v) is 4.33. The summed E-state index contributed by atoms with van der Waals surface area (Å²) in [5.74, 6) is -0.142. The molecule has 1 aliphatic heterocycles. The zero-order valence-corrected chi connectivity index (χ0v) is 9.04. The van der Waals surface area contributed by atoms with Gasteiger partial charge in [0.25, 0.3) is 0 Å². The third-order valence-corrected chi connectivity index (χ3v) is 3.02. The van der Waals surface area contributed by atoms with E-state index in [1.807, 2.05) is 0 Å². The first-order valence-corrected chi connectivity index (χ1v) is 5.61. The molecule has 0 aromatic carbocycles. The van der Waals surface area contributed by atoms with Crippen molar-refractivity contribution in [2.24, 2.45) is 0 Å². The van der Waals surface area contributed by atoms with Crippen molar-refractivity contribution >= 4 is 11.9 Å². The highest BCUT2D eigenvalue weighted by molar-refractivity contribution is 5.85. The van der Waals surface area contributed by atoms with Crippen molar-refractivity contribution in [1.29, 1.82) is 0 Å². The Balaban J connectivity index is 1.81. The minimum atomic E-state index is -0.796. The van der Waals surface area contributed by atoms with Crippen molar-refractivity contribution in [3.8, 4) is 0 Å². The third kappa shape index (κ3) is 2.62. The molecule has 16 heavy (non-hydrogen) atoms. The van der Waals surface area contributed by atoms with Gasteiger partial charge in [-0.25, -0.2) is 9.18 Å². The van der Waals surface area contributed by atoms with Crippen LogP contribution in [0.25, 0.3) is 0 Å². The van der Waals surface area contributed by atoms with Gasteiger partial charge in [0.15, 0.2) is 0 Å². The number of amides is 3. The fraction of sp³-hybridized carbons (Fsp3) is 0.800. The number of urea groups is 1. The fourth-order valence-corrected chi connectivity index (χ4v) is 2.14. The second kappa shape index (κ2) is 4.67. The average molecular weight is 229 g/mol. The van der Waals surface area contributed by atoms with E-state index in [0.29, 0.717) is 32.4 Å². The maximum absolute atomic E-state index is 12.9. The average Bonchev–Trinajstić information content (AvgIpc) is 2.64. The van der Waals surface area contributed by atoms with Gasteiger partial charge in [-0.15, -0.1) is 0 Å². The van der Waals surface area contributed by atoms with Gasteiger partial charge in [0, 0.05) is 19.1 Å². The molecule has 1 aliphatic carbocycles. The van der Waals surface area contributed by atoms with Crippen LogP contribution in [0.4, 0.5) is 9.18 Å². The Kier molecular flexibility index (Phi) is 3.26. The zero-order chi connectivity index (χ0) is 11.5. The molecule has 6 heteroatoms. The minimum Gasteiger partial charge on any atom is -0.353 e. The minimum absolute atomic E-state index is 0.0764. The van der Waals surface area contributed by atoms with E-state index < -0.39 is 6.17 Å². The number of rotatable bonds is 1. The van der Waals surface area contributed by atoms with Crippen molar-refractivity contribution in [2.75, 3.05) is 19.6 Å². The quantitative estimate of drug-likeness (QED) is 0.666. The second-order valence-electron chi connectivity index (χ2n) is 4.33. The van der Waals surface area contributed by atoms with E-state index in [9.17, 15) is 14.0 Å². The van der Waals surface area contributed by atoms with Crippen LogP contribution >= 0.6 is 0 Å². The van der Waals surface area contributed by atoms with Gasteiger partial charge in [-0.2, -0.15) is 0 Å².